The van der Waals surface area contributed by atoms with Gasteiger partial charge >= 0.3 is 0 Å². The fourth-order valence-electron chi connectivity index (χ4n) is 4.30. The van der Waals surface area contributed by atoms with Crippen LogP contribution in [0.15, 0.2) is 78.5 Å². The lowest BCUT2D eigenvalue weighted by Crippen LogP contribution is -2.27. The molecule has 0 atom stereocenters. The SMILES string of the molecule is O=Cc1ccc(N(C2=CC3(CC=C2)CCCCC3)c2ccccc2)cc1. The van der Waals surface area contributed by atoms with Gasteiger partial charge in [-0.05, 0) is 67.2 Å². The number of rotatable bonds is 4. The van der Waals surface area contributed by atoms with Crippen molar-refractivity contribution in [2.75, 3.05) is 4.90 Å². The summed E-state index contributed by atoms with van der Waals surface area (Å²) in [6, 6.07) is 18.3. The van der Waals surface area contributed by atoms with Crippen LogP contribution in [0.3, 0.4) is 0 Å². The Morgan fingerprint density at radius 2 is 1.54 bits per heavy atom. The second kappa shape index (κ2) is 7.33. The lowest BCUT2D eigenvalue weighted by molar-refractivity contribution is 0.112. The molecule has 2 heteroatoms. The average molecular weight is 343 g/mol. The first-order valence-electron chi connectivity index (χ1n) is 9.60. The molecule has 2 aliphatic carbocycles. The van der Waals surface area contributed by atoms with Gasteiger partial charge in [0.05, 0.1) is 0 Å². The van der Waals surface area contributed by atoms with E-state index in [1.54, 1.807) is 0 Å². The molecule has 2 nitrogen and oxygen atoms in total. The molecule has 0 radical (unpaired) electrons. The molecule has 1 spiro atoms. The van der Waals surface area contributed by atoms with E-state index in [-0.39, 0.29) is 0 Å². The summed E-state index contributed by atoms with van der Waals surface area (Å²) in [6.07, 6.45) is 15.7. The van der Waals surface area contributed by atoms with Gasteiger partial charge in [0, 0.05) is 22.6 Å². The standard InChI is InChI=1S/C24H25NO/c26-19-20-11-13-22(14-12-20)25(21-8-3-1-4-9-21)23-10-7-17-24(18-23)15-5-2-6-16-24/h1,3-4,7-14,18-19H,2,5-6,15-17H2. The Labute approximate surface area is 155 Å². The zero-order valence-corrected chi connectivity index (χ0v) is 15.1. The van der Waals surface area contributed by atoms with E-state index in [0.29, 0.717) is 11.0 Å². The van der Waals surface area contributed by atoms with Crippen molar-refractivity contribution in [1.29, 1.82) is 0 Å². The Kier molecular flexibility index (Phi) is 4.75. The van der Waals surface area contributed by atoms with Crippen molar-refractivity contribution in [3.63, 3.8) is 0 Å². The summed E-state index contributed by atoms with van der Waals surface area (Å²) in [7, 11) is 0. The number of carbonyl (C=O) groups excluding carboxylic acids is 1. The van der Waals surface area contributed by atoms with Gasteiger partial charge in [-0.15, -0.1) is 0 Å². The number of hydrogen-bond acceptors (Lipinski definition) is 2. The number of anilines is 2. The largest absolute Gasteiger partial charge is 0.311 e. The summed E-state index contributed by atoms with van der Waals surface area (Å²) in [4.78, 5) is 13.3. The van der Waals surface area contributed by atoms with Gasteiger partial charge in [0.15, 0.2) is 0 Å². The normalized spacial score (nSPS) is 18.4. The summed E-state index contributed by atoms with van der Waals surface area (Å²) in [5.74, 6) is 0. The lowest BCUT2D eigenvalue weighted by atomic mass is 9.70. The van der Waals surface area contributed by atoms with Gasteiger partial charge in [0.2, 0.25) is 0 Å². The van der Waals surface area contributed by atoms with Crippen molar-refractivity contribution in [2.45, 2.75) is 38.5 Å². The summed E-state index contributed by atoms with van der Waals surface area (Å²) in [5.41, 5.74) is 4.50. The predicted molar refractivity (Wildman–Crippen MR) is 108 cm³/mol. The minimum absolute atomic E-state index is 0.318. The molecule has 0 bridgehead atoms. The summed E-state index contributed by atoms with van der Waals surface area (Å²) < 4.78 is 0. The molecular weight excluding hydrogens is 318 g/mol. The third-order valence-corrected chi connectivity index (χ3v) is 5.68. The third kappa shape index (κ3) is 3.37. The Hall–Kier alpha value is -2.61. The molecule has 132 valence electrons. The number of hydrogen-bond donors (Lipinski definition) is 0. The fraction of sp³-hybridized carbons (Fsp3) is 0.292. The van der Waals surface area contributed by atoms with Gasteiger partial charge in [-0.2, -0.15) is 0 Å². The first-order chi connectivity index (χ1) is 12.8. The second-order valence-electron chi connectivity index (χ2n) is 7.48. The number of para-hydroxylation sites is 1. The second-order valence-corrected chi connectivity index (χ2v) is 7.48. The van der Waals surface area contributed by atoms with Crippen molar-refractivity contribution in [1.82, 2.24) is 0 Å². The molecule has 4 rings (SSSR count). The highest BCUT2D eigenvalue weighted by molar-refractivity contribution is 5.78. The number of allylic oxidation sites excluding steroid dienone is 3. The van der Waals surface area contributed by atoms with Crippen molar-refractivity contribution in [3.05, 3.63) is 84.1 Å². The molecule has 0 heterocycles. The molecule has 2 aliphatic rings. The van der Waals surface area contributed by atoms with Crippen LogP contribution >= 0.6 is 0 Å². The van der Waals surface area contributed by atoms with Crippen molar-refractivity contribution in [2.24, 2.45) is 5.41 Å². The molecule has 2 aromatic rings. The van der Waals surface area contributed by atoms with Gasteiger partial charge in [0.1, 0.15) is 6.29 Å². The molecule has 2 aromatic carbocycles. The van der Waals surface area contributed by atoms with Gasteiger partial charge in [0.25, 0.3) is 0 Å². The molecule has 0 amide bonds. The highest BCUT2D eigenvalue weighted by Crippen LogP contribution is 2.45. The number of nitrogens with zero attached hydrogens (tertiary/aromatic N) is 1. The van der Waals surface area contributed by atoms with E-state index in [2.05, 4.69) is 47.4 Å². The fourth-order valence-corrected chi connectivity index (χ4v) is 4.30. The molecule has 1 saturated carbocycles. The van der Waals surface area contributed by atoms with E-state index in [0.717, 1.165) is 24.1 Å². The minimum Gasteiger partial charge on any atom is -0.311 e. The van der Waals surface area contributed by atoms with Crippen LogP contribution in [0.2, 0.25) is 0 Å². The maximum atomic E-state index is 11.0. The van der Waals surface area contributed by atoms with Crippen LogP contribution in [-0.2, 0) is 0 Å². The van der Waals surface area contributed by atoms with E-state index in [1.807, 2.05) is 30.3 Å². The molecule has 1 fully saturated rings. The van der Waals surface area contributed by atoms with Crippen LogP contribution in [0.5, 0.6) is 0 Å². The summed E-state index contributed by atoms with van der Waals surface area (Å²) in [6.45, 7) is 0. The van der Waals surface area contributed by atoms with E-state index >= 15 is 0 Å². The molecule has 0 unspecified atom stereocenters. The molecule has 0 saturated heterocycles. The molecule has 0 aromatic heterocycles. The first-order valence-corrected chi connectivity index (χ1v) is 9.60. The smallest absolute Gasteiger partial charge is 0.150 e. The zero-order valence-electron chi connectivity index (χ0n) is 15.1. The van der Waals surface area contributed by atoms with Crippen LogP contribution in [0, 0.1) is 5.41 Å². The van der Waals surface area contributed by atoms with Gasteiger partial charge in [-0.25, -0.2) is 0 Å². The molecule has 0 aliphatic heterocycles. The lowest BCUT2D eigenvalue weighted by Gasteiger charge is -2.38. The minimum atomic E-state index is 0.318. The number of carbonyl (C=O) groups is 1. The van der Waals surface area contributed by atoms with E-state index in [9.17, 15) is 4.79 Å². The molecular formula is C24H25NO. The van der Waals surface area contributed by atoms with E-state index in [1.165, 1.54) is 37.8 Å². The molecule has 0 N–H and O–H groups in total. The predicted octanol–water partition coefficient (Wildman–Crippen LogP) is 6.43. The monoisotopic (exact) mass is 343 g/mol. The summed E-state index contributed by atoms with van der Waals surface area (Å²) >= 11 is 0. The molecule has 26 heavy (non-hydrogen) atoms. The Balaban J connectivity index is 1.77. The van der Waals surface area contributed by atoms with Crippen LogP contribution in [-0.4, -0.2) is 6.29 Å². The van der Waals surface area contributed by atoms with E-state index < -0.39 is 0 Å². The topological polar surface area (TPSA) is 20.3 Å². The van der Waals surface area contributed by atoms with Crippen LogP contribution in [0.25, 0.3) is 0 Å². The number of benzene rings is 2. The highest BCUT2D eigenvalue weighted by atomic mass is 16.1. The maximum Gasteiger partial charge on any atom is 0.150 e. The Bertz CT molecular complexity index is 811. The van der Waals surface area contributed by atoms with E-state index in [4.69, 9.17) is 0 Å². The van der Waals surface area contributed by atoms with Gasteiger partial charge < -0.3 is 4.90 Å². The quantitative estimate of drug-likeness (QED) is 0.596. The van der Waals surface area contributed by atoms with Crippen LogP contribution in [0.1, 0.15) is 48.9 Å². The van der Waals surface area contributed by atoms with Crippen molar-refractivity contribution >= 4 is 17.7 Å². The number of aldehydes is 1. The van der Waals surface area contributed by atoms with Crippen molar-refractivity contribution in [3.8, 4) is 0 Å². The van der Waals surface area contributed by atoms with Gasteiger partial charge in [-0.3, -0.25) is 4.79 Å². The van der Waals surface area contributed by atoms with Crippen LogP contribution in [0.4, 0.5) is 11.4 Å². The Morgan fingerprint density at radius 1 is 0.846 bits per heavy atom. The zero-order chi connectivity index (χ0) is 17.8. The summed E-state index contributed by atoms with van der Waals surface area (Å²) in [5, 5.41) is 0. The first kappa shape index (κ1) is 16.8. The van der Waals surface area contributed by atoms with Crippen LogP contribution < -0.4 is 4.90 Å². The third-order valence-electron chi connectivity index (χ3n) is 5.68. The highest BCUT2D eigenvalue weighted by Gasteiger charge is 2.32. The average Bonchev–Trinajstić information content (AvgIpc) is 2.70. The maximum absolute atomic E-state index is 11.0. The van der Waals surface area contributed by atoms with Gasteiger partial charge in [-0.1, -0.05) is 49.6 Å². The van der Waals surface area contributed by atoms with Crippen molar-refractivity contribution < 1.29 is 4.79 Å². The Morgan fingerprint density at radius 3 is 2.23 bits per heavy atom.